The molecular weight excluding hydrogens is 295 g/mol. The Bertz CT molecular complexity index is 933. The first-order valence-corrected chi connectivity index (χ1v) is 7.23. The highest BCUT2D eigenvalue weighted by Crippen LogP contribution is 2.11. The molecule has 0 unspecified atom stereocenters. The van der Waals surface area contributed by atoms with Crippen LogP contribution in [0.15, 0.2) is 58.4 Å². The second-order valence-electron chi connectivity index (χ2n) is 4.93. The number of nitrogens with zero attached hydrogens (tertiary/aromatic N) is 3. The van der Waals surface area contributed by atoms with Gasteiger partial charge in [-0.3, -0.25) is 9.36 Å². The van der Waals surface area contributed by atoms with Gasteiger partial charge in [-0.05, 0) is 36.8 Å². The fourth-order valence-electron chi connectivity index (χ4n) is 2.30. The summed E-state index contributed by atoms with van der Waals surface area (Å²) >= 11 is 0. The molecular formula is C17H15FN4O. The number of rotatable bonds is 4. The average molecular weight is 310 g/mol. The van der Waals surface area contributed by atoms with Crippen molar-refractivity contribution in [2.75, 3.05) is 5.43 Å². The number of anilines is 1. The minimum atomic E-state index is -0.330. The van der Waals surface area contributed by atoms with E-state index in [2.05, 4.69) is 15.5 Å². The molecule has 23 heavy (non-hydrogen) atoms. The monoisotopic (exact) mass is 310 g/mol. The zero-order chi connectivity index (χ0) is 16.2. The summed E-state index contributed by atoms with van der Waals surface area (Å²) in [5, 5.41) is 4.61. The quantitative estimate of drug-likeness (QED) is 0.595. The van der Waals surface area contributed by atoms with E-state index < -0.39 is 0 Å². The lowest BCUT2D eigenvalue weighted by molar-refractivity contribution is 0.627. The number of para-hydroxylation sites is 1. The van der Waals surface area contributed by atoms with Gasteiger partial charge in [-0.15, -0.1) is 0 Å². The molecule has 0 atom stereocenters. The smallest absolute Gasteiger partial charge is 0.262 e. The summed E-state index contributed by atoms with van der Waals surface area (Å²) in [4.78, 5) is 16.9. The lowest BCUT2D eigenvalue weighted by Gasteiger charge is -2.10. The van der Waals surface area contributed by atoms with Crippen LogP contribution in [0.2, 0.25) is 0 Å². The van der Waals surface area contributed by atoms with Crippen LogP contribution in [-0.4, -0.2) is 15.8 Å². The number of nitrogens with one attached hydrogen (secondary N) is 1. The third kappa shape index (κ3) is 3.11. The van der Waals surface area contributed by atoms with Crippen molar-refractivity contribution < 1.29 is 4.39 Å². The minimum absolute atomic E-state index is 0.124. The van der Waals surface area contributed by atoms with Gasteiger partial charge in [0.15, 0.2) is 0 Å². The van der Waals surface area contributed by atoms with E-state index in [0.29, 0.717) is 29.0 Å². The van der Waals surface area contributed by atoms with Crippen LogP contribution in [0.1, 0.15) is 12.5 Å². The molecule has 6 heteroatoms. The highest BCUT2D eigenvalue weighted by molar-refractivity contribution is 5.81. The Morgan fingerprint density at radius 2 is 2.09 bits per heavy atom. The third-order valence-electron chi connectivity index (χ3n) is 3.40. The van der Waals surface area contributed by atoms with Gasteiger partial charge in [0.05, 0.1) is 17.1 Å². The van der Waals surface area contributed by atoms with Crippen molar-refractivity contribution in [1.29, 1.82) is 0 Å². The van der Waals surface area contributed by atoms with E-state index in [1.165, 1.54) is 22.9 Å². The van der Waals surface area contributed by atoms with Gasteiger partial charge in [-0.2, -0.15) is 5.10 Å². The van der Waals surface area contributed by atoms with Gasteiger partial charge in [-0.25, -0.2) is 14.8 Å². The molecule has 0 bridgehead atoms. The molecule has 1 aromatic heterocycles. The average Bonchev–Trinajstić information content (AvgIpc) is 2.55. The number of hydrogen-bond acceptors (Lipinski definition) is 4. The second-order valence-corrected chi connectivity index (χ2v) is 4.93. The Morgan fingerprint density at radius 1 is 1.26 bits per heavy atom. The van der Waals surface area contributed by atoms with Gasteiger partial charge in [0.25, 0.3) is 5.56 Å². The Morgan fingerprint density at radius 3 is 2.87 bits per heavy atom. The van der Waals surface area contributed by atoms with Crippen LogP contribution in [0.25, 0.3) is 10.9 Å². The van der Waals surface area contributed by atoms with Crippen molar-refractivity contribution in [2.45, 2.75) is 13.5 Å². The van der Waals surface area contributed by atoms with Crippen molar-refractivity contribution in [3.05, 3.63) is 70.3 Å². The molecule has 3 rings (SSSR count). The molecule has 0 saturated heterocycles. The van der Waals surface area contributed by atoms with Gasteiger partial charge in [-0.1, -0.05) is 24.3 Å². The van der Waals surface area contributed by atoms with Crippen molar-refractivity contribution in [3.63, 3.8) is 0 Å². The van der Waals surface area contributed by atoms with Crippen LogP contribution >= 0.6 is 0 Å². The minimum Gasteiger partial charge on any atom is -0.277 e. The number of halogens is 1. The molecule has 0 radical (unpaired) electrons. The highest BCUT2D eigenvalue weighted by atomic mass is 19.1. The summed E-state index contributed by atoms with van der Waals surface area (Å²) in [6.45, 7) is 2.33. The van der Waals surface area contributed by atoms with E-state index >= 15 is 0 Å². The predicted octanol–water partition coefficient (Wildman–Crippen LogP) is 3.00. The zero-order valence-corrected chi connectivity index (χ0v) is 12.5. The molecule has 0 aliphatic heterocycles. The van der Waals surface area contributed by atoms with E-state index in [1.54, 1.807) is 30.3 Å². The summed E-state index contributed by atoms with van der Waals surface area (Å²) in [5.41, 5.74) is 3.86. The first-order valence-electron chi connectivity index (χ1n) is 7.23. The fourth-order valence-corrected chi connectivity index (χ4v) is 2.30. The Kier molecular flexibility index (Phi) is 4.14. The fraction of sp³-hybridized carbons (Fsp3) is 0.118. The number of hydrazone groups is 1. The van der Waals surface area contributed by atoms with Crippen molar-refractivity contribution in [3.8, 4) is 0 Å². The summed E-state index contributed by atoms with van der Waals surface area (Å²) in [6.07, 6.45) is 1.48. The Hall–Kier alpha value is -3.02. The Labute approximate surface area is 132 Å². The van der Waals surface area contributed by atoms with Crippen LogP contribution in [0.5, 0.6) is 0 Å². The lowest BCUT2D eigenvalue weighted by Crippen LogP contribution is -2.23. The molecule has 2 aromatic carbocycles. The van der Waals surface area contributed by atoms with Crippen LogP contribution in [0.4, 0.5) is 10.3 Å². The number of hydrogen-bond donors (Lipinski definition) is 1. The molecule has 0 aliphatic carbocycles. The maximum atomic E-state index is 13.1. The van der Waals surface area contributed by atoms with Gasteiger partial charge in [0, 0.05) is 6.54 Å². The molecule has 1 N–H and O–H groups in total. The summed E-state index contributed by atoms with van der Waals surface area (Å²) < 4.78 is 14.6. The molecule has 0 fully saturated rings. The number of fused-ring (bicyclic) bond motifs is 1. The summed E-state index contributed by atoms with van der Waals surface area (Å²) in [5.74, 6) is 0.0205. The topological polar surface area (TPSA) is 59.3 Å². The van der Waals surface area contributed by atoms with Gasteiger partial charge in [0.2, 0.25) is 5.95 Å². The zero-order valence-electron chi connectivity index (χ0n) is 12.5. The van der Waals surface area contributed by atoms with Gasteiger partial charge >= 0.3 is 0 Å². The maximum absolute atomic E-state index is 13.1. The van der Waals surface area contributed by atoms with E-state index in [1.807, 2.05) is 13.0 Å². The molecule has 0 spiro atoms. The molecule has 5 nitrogen and oxygen atoms in total. The van der Waals surface area contributed by atoms with Gasteiger partial charge in [0.1, 0.15) is 5.82 Å². The van der Waals surface area contributed by atoms with Crippen molar-refractivity contribution in [2.24, 2.45) is 5.10 Å². The van der Waals surface area contributed by atoms with E-state index in [0.717, 1.165) is 0 Å². The number of aromatic nitrogens is 2. The molecule has 116 valence electrons. The normalized spacial score (nSPS) is 11.2. The molecule has 0 saturated carbocycles. The first-order chi connectivity index (χ1) is 11.2. The summed E-state index contributed by atoms with van der Waals surface area (Å²) in [7, 11) is 0. The van der Waals surface area contributed by atoms with E-state index in [4.69, 9.17) is 0 Å². The van der Waals surface area contributed by atoms with Crippen LogP contribution in [0, 0.1) is 5.82 Å². The third-order valence-corrected chi connectivity index (χ3v) is 3.40. The van der Waals surface area contributed by atoms with E-state index in [9.17, 15) is 9.18 Å². The summed E-state index contributed by atoms with van der Waals surface area (Å²) in [6, 6.07) is 13.2. The largest absolute Gasteiger partial charge is 0.277 e. The van der Waals surface area contributed by atoms with Crippen LogP contribution in [0.3, 0.4) is 0 Å². The van der Waals surface area contributed by atoms with E-state index in [-0.39, 0.29) is 11.4 Å². The molecule has 3 aromatic rings. The second kappa shape index (κ2) is 6.39. The Balaban J connectivity index is 1.95. The highest BCUT2D eigenvalue weighted by Gasteiger charge is 2.08. The maximum Gasteiger partial charge on any atom is 0.262 e. The van der Waals surface area contributed by atoms with Crippen molar-refractivity contribution >= 4 is 23.1 Å². The lowest BCUT2D eigenvalue weighted by atomic mass is 10.2. The van der Waals surface area contributed by atoms with Gasteiger partial charge < -0.3 is 0 Å². The SMILES string of the molecule is CCn1c(N/N=C\c2cccc(F)c2)nc2ccccc2c1=O. The molecule has 0 aliphatic rings. The first kappa shape index (κ1) is 14.9. The molecule has 0 amide bonds. The van der Waals surface area contributed by atoms with Crippen LogP contribution in [-0.2, 0) is 6.54 Å². The molecule has 1 heterocycles. The predicted molar refractivity (Wildman–Crippen MR) is 89.3 cm³/mol. The van der Waals surface area contributed by atoms with Crippen LogP contribution < -0.4 is 11.0 Å². The standard InChI is InChI=1S/C17H15FN4O/c1-2-22-16(23)14-8-3-4-9-15(14)20-17(22)21-19-11-12-6-5-7-13(18)10-12/h3-11H,2H2,1H3,(H,20,21)/b19-11-. The number of benzene rings is 2. The van der Waals surface area contributed by atoms with Crippen molar-refractivity contribution in [1.82, 2.24) is 9.55 Å².